The minimum Gasteiger partial charge on any atom is -0.419 e. The van der Waals surface area contributed by atoms with Gasteiger partial charge in [0.25, 0.3) is 0 Å². The molecule has 1 atom stereocenters. The van der Waals surface area contributed by atoms with Gasteiger partial charge in [-0.3, -0.25) is 4.90 Å². The molecule has 0 saturated carbocycles. The zero-order chi connectivity index (χ0) is 16.4. The molecular weight excluding hydrogens is 306 g/mol. The van der Waals surface area contributed by atoms with Crippen LogP contribution in [0.4, 0.5) is 0 Å². The number of hydrogen-bond donors (Lipinski definition) is 0. The predicted molar refractivity (Wildman–Crippen MR) is 88.1 cm³/mol. The Morgan fingerprint density at radius 1 is 1.04 bits per heavy atom. The molecule has 24 heavy (non-hydrogen) atoms. The van der Waals surface area contributed by atoms with Gasteiger partial charge in [-0.1, -0.05) is 18.2 Å². The maximum Gasteiger partial charge on any atom is 0.247 e. The number of benzene rings is 1. The quantitative estimate of drug-likeness (QED) is 0.859. The lowest BCUT2D eigenvalue weighted by Gasteiger charge is -2.36. The molecule has 0 amide bonds. The Morgan fingerprint density at radius 2 is 1.75 bits per heavy atom. The van der Waals surface area contributed by atoms with Crippen LogP contribution in [0, 0.1) is 5.92 Å². The Hall–Kier alpha value is -1.76. The first kappa shape index (κ1) is 15.7. The van der Waals surface area contributed by atoms with Crippen molar-refractivity contribution in [3.63, 3.8) is 0 Å². The van der Waals surface area contributed by atoms with Gasteiger partial charge in [0.1, 0.15) is 0 Å². The van der Waals surface area contributed by atoms with Crippen molar-refractivity contribution in [1.82, 2.24) is 15.1 Å². The number of rotatable bonds is 4. The SMILES string of the molecule is CC(c1nnc(-c2ccccc2)o1)N1CCC(C2OCCO2)CC1. The van der Waals surface area contributed by atoms with E-state index in [-0.39, 0.29) is 12.3 Å². The van der Waals surface area contributed by atoms with E-state index in [1.165, 1.54) is 0 Å². The smallest absolute Gasteiger partial charge is 0.247 e. The summed E-state index contributed by atoms with van der Waals surface area (Å²) in [6, 6.07) is 10.0. The van der Waals surface area contributed by atoms with Crippen molar-refractivity contribution in [1.29, 1.82) is 0 Å². The van der Waals surface area contributed by atoms with Gasteiger partial charge in [-0.15, -0.1) is 10.2 Å². The first-order valence-corrected chi connectivity index (χ1v) is 8.67. The fraction of sp³-hybridized carbons (Fsp3) is 0.556. The lowest BCUT2D eigenvalue weighted by molar-refractivity contribution is -0.0996. The highest BCUT2D eigenvalue weighted by molar-refractivity contribution is 5.51. The highest BCUT2D eigenvalue weighted by Crippen LogP contribution is 2.31. The molecule has 0 N–H and O–H groups in total. The van der Waals surface area contributed by atoms with Gasteiger partial charge in [-0.25, -0.2) is 0 Å². The second-order valence-corrected chi connectivity index (χ2v) is 6.47. The van der Waals surface area contributed by atoms with Gasteiger partial charge < -0.3 is 13.9 Å². The molecule has 2 fully saturated rings. The molecule has 0 spiro atoms. The molecule has 0 bridgehead atoms. The van der Waals surface area contributed by atoms with Crippen LogP contribution >= 0.6 is 0 Å². The Balaban J connectivity index is 1.38. The van der Waals surface area contributed by atoms with Crippen LogP contribution in [-0.2, 0) is 9.47 Å². The Morgan fingerprint density at radius 3 is 2.46 bits per heavy atom. The molecule has 2 aliphatic heterocycles. The van der Waals surface area contributed by atoms with Crippen molar-refractivity contribution in [2.75, 3.05) is 26.3 Å². The summed E-state index contributed by atoms with van der Waals surface area (Å²) in [7, 11) is 0. The number of aromatic nitrogens is 2. The van der Waals surface area contributed by atoms with Gasteiger partial charge in [-0.2, -0.15) is 0 Å². The van der Waals surface area contributed by atoms with E-state index in [0.717, 1.165) is 44.7 Å². The highest BCUT2D eigenvalue weighted by atomic mass is 16.7. The minimum atomic E-state index is -0.00413. The summed E-state index contributed by atoms with van der Waals surface area (Å²) in [5.41, 5.74) is 0.956. The first-order valence-electron chi connectivity index (χ1n) is 8.67. The minimum absolute atomic E-state index is 0.00413. The first-order chi connectivity index (χ1) is 11.8. The summed E-state index contributed by atoms with van der Waals surface area (Å²) in [4.78, 5) is 2.40. The van der Waals surface area contributed by atoms with E-state index in [4.69, 9.17) is 13.9 Å². The third-order valence-corrected chi connectivity index (χ3v) is 4.97. The summed E-state index contributed by atoms with van der Waals surface area (Å²) in [6.45, 7) is 5.58. The van der Waals surface area contributed by atoms with Crippen LogP contribution in [0.1, 0.15) is 31.7 Å². The summed E-state index contributed by atoms with van der Waals surface area (Å²) in [5, 5.41) is 8.45. The second kappa shape index (κ2) is 7.01. The van der Waals surface area contributed by atoms with E-state index in [1.807, 2.05) is 30.3 Å². The van der Waals surface area contributed by atoms with E-state index < -0.39 is 0 Å². The van der Waals surface area contributed by atoms with Gasteiger partial charge in [0.05, 0.1) is 19.3 Å². The van der Waals surface area contributed by atoms with Crippen molar-refractivity contribution in [3.05, 3.63) is 36.2 Å². The van der Waals surface area contributed by atoms with E-state index in [2.05, 4.69) is 22.0 Å². The molecule has 128 valence electrons. The van der Waals surface area contributed by atoms with Crippen molar-refractivity contribution < 1.29 is 13.9 Å². The molecule has 2 aliphatic rings. The third kappa shape index (κ3) is 3.22. The molecular formula is C18H23N3O3. The van der Waals surface area contributed by atoms with Crippen LogP contribution in [0.2, 0.25) is 0 Å². The van der Waals surface area contributed by atoms with Crippen molar-refractivity contribution in [2.24, 2.45) is 5.92 Å². The maximum absolute atomic E-state index is 5.90. The van der Waals surface area contributed by atoms with Crippen LogP contribution in [0.25, 0.3) is 11.5 Å². The fourth-order valence-electron chi connectivity index (χ4n) is 3.48. The lowest BCUT2D eigenvalue weighted by Crippen LogP contribution is -2.39. The Labute approximate surface area is 141 Å². The van der Waals surface area contributed by atoms with E-state index >= 15 is 0 Å². The topological polar surface area (TPSA) is 60.6 Å². The van der Waals surface area contributed by atoms with E-state index in [1.54, 1.807) is 0 Å². The average molecular weight is 329 g/mol. The van der Waals surface area contributed by atoms with Gasteiger partial charge in [0, 0.05) is 11.5 Å². The van der Waals surface area contributed by atoms with Crippen LogP contribution in [0.15, 0.2) is 34.7 Å². The summed E-state index contributed by atoms with van der Waals surface area (Å²) >= 11 is 0. The summed E-state index contributed by atoms with van der Waals surface area (Å²) in [5.74, 6) is 1.76. The van der Waals surface area contributed by atoms with Crippen LogP contribution in [0.3, 0.4) is 0 Å². The number of piperidine rings is 1. The monoisotopic (exact) mass is 329 g/mol. The third-order valence-electron chi connectivity index (χ3n) is 4.97. The summed E-state index contributed by atoms with van der Waals surface area (Å²) < 4.78 is 17.2. The largest absolute Gasteiger partial charge is 0.419 e. The second-order valence-electron chi connectivity index (χ2n) is 6.47. The standard InChI is InChI=1S/C18H23N3O3/c1-13(16-19-20-17(24-16)14-5-3-2-4-6-14)21-9-7-15(8-10-21)18-22-11-12-23-18/h2-6,13,15,18H,7-12H2,1H3. The molecule has 1 aromatic heterocycles. The molecule has 0 aliphatic carbocycles. The van der Waals surface area contributed by atoms with Gasteiger partial charge in [-0.05, 0) is 45.0 Å². The fourth-order valence-corrected chi connectivity index (χ4v) is 3.48. The molecule has 6 heteroatoms. The van der Waals surface area contributed by atoms with E-state index in [0.29, 0.717) is 17.7 Å². The van der Waals surface area contributed by atoms with Crippen LogP contribution < -0.4 is 0 Å². The predicted octanol–water partition coefficient (Wildman–Crippen LogP) is 2.88. The van der Waals surface area contributed by atoms with Crippen molar-refractivity contribution in [3.8, 4) is 11.5 Å². The number of ether oxygens (including phenoxy) is 2. The van der Waals surface area contributed by atoms with E-state index in [9.17, 15) is 0 Å². The average Bonchev–Trinajstić information content (AvgIpc) is 3.34. The lowest BCUT2D eigenvalue weighted by atomic mass is 9.95. The molecule has 2 aromatic rings. The molecule has 4 rings (SSSR count). The number of likely N-dealkylation sites (tertiary alicyclic amines) is 1. The highest BCUT2D eigenvalue weighted by Gasteiger charge is 2.33. The van der Waals surface area contributed by atoms with Crippen molar-refractivity contribution in [2.45, 2.75) is 32.1 Å². The molecule has 1 aromatic carbocycles. The molecule has 6 nitrogen and oxygen atoms in total. The zero-order valence-electron chi connectivity index (χ0n) is 13.9. The Bertz CT molecular complexity index is 647. The molecule has 1 unspecified atom stereocenters. The number of hydrogen-bond acceptors (Lipinski definition) is 6. The molecule has 2 saturated heterocycles. The van der Waals surface area contributed by atoms with Gasteiger partial charge in [0.15, 0.2) is 6.29 Å². The van der Waals surface area contributed by atoms with Crippen LogP contribution in [-0.4, -0.2) is 47.7 Å². The van der Waals surface area contributed by atoms with Gasteiger partial charge >= 0.3 is 0 Å². The van der Waals surface area contributed by atoms with Crippen molar-refractivity contribution >= 4 is 0 Å². The zero-order valence-corrected chi connectivity index (χ0v) is 13.9. The maximum atomic E-state index is 5.90. The number of nitrogens with zero attached hydrogens (tertiary/aromatic N) is 3. The Kier molecular flexibility index (Phi) is 4.60. The van der Waals surface area contributed by atoms with Gasteiger partial charge in [0.2, 0.25) is 11.8 Å². The summed E-state index contributed by atoms with van der Waals surface area (Å²) in [6.07, 6.45) is 2.15. The van der Waals surface area contributed by atoms with Crippen LogP contribution in [0.5, 0.6) is 0 Å². The molecule has 3 heterocycles. The normalized spacial score (nSPS) is 22.0. The molecule has 0 radical (unpaired) electrons.